The Kier molecular flexibility index (Phi) is 8.01. The first-order valence-electron chi connectivity index (χ1n) is 6.46. The van der Waals surface area contributed by atoms with Gasteiger partial charge in [0.2, 0.25) is 0 Å². The van der Waals surface area contributed by atoms with E-state index in [-0.39, 0.29) is 5.78 Å². The third-order valence-corrected chi connectivity index (χ3v) is 2.63. The lowest BCUT2D eigenvalue weighted by molar-refractivity contribution is -0.150. The van der Waals surface area contributed by atoms with E-state index >= 15 is 0 Å². The summed E-state index contributed by atoms with van der Waals surface area (Å²) in [4.78, 5) is 23.3. The molecule has 1 atom stereocenters. The van der Waals surface area contributed by atoms with Crippen molar-refractivity contribution in [2.24, 2.45) is 0 Å². The summed E-state index contributed by atoms with van der Waals surface area (Å²) in [6.45, 7) is 12.5. The highest BCUT2D eigenvalue weighted by Crippen LogP contribution is 2.13. The number of carbonyl (C=O) groups excluding carboxylic acids is 2. The van der Waals surface area contributed by atoms with Crippen LogP contribution in [-0.4, -0.2) is 17.9 Å². The molecule has 0 aliphatic heterocycles. The molecule has 102 valence electrons. The van der Waals surface area contributed by atoms with Crippen molar-refractivity contribution in [2.45, 2.75) is 59.0 Å². The minimum atomic E-state index is -0.705. The van der Waals surface area contributed by atoms with E-state index < -0.39 is 12.1 Å². The van der Waals surface area contributed by atoms with Crippen molar-refractivity contribution in [3.63, 3.8) is 0 Å². The second-order valence-electron chi connectivity index (χ2n) is 4.67. The molecule has 0 aromatic carbocycles. The zero-order valence-electron chi connectivity index (χ0n) is 11.8. The van der Waals surface area contributed by atoms with E-state index in [1.807, 2.05) is 0 Å². The number of unbranched alkanes of at least 4 members (excludes halogenated alkanes) is 3. The number of hydrogen-bond acceptors (Lipinski definition) is 3. The van der Waals surface area contributed by atoms with Crippen LogP contribution < -0.4 is 0 Å². The van der Waals surface area contributed by atoms with Crippen molar-refractivity contribution in [3.05, 3.63) is 24.3 Å². The molecule has 0 amide bonds. The van der Waals surface area contributed by atoms with Gasteiger partial charge >= 0.3 is 5.97 Å². The standard InChI is InChI=1S/C15H24O3/c1-6-7-8-9-10-13(14(16)11(2)3)18-15(17)12(4)5/h13H,2,4,6-10H2,1,3,5H3. The van der Waals surface area contributed by atoms with Crippen molar-refractivity contribution in [3.8, 4) is 0 Å². The van der Waals surface area contributed by atoms with Gasteiger partial charge in [-0.3, -0.25) is 4.79 Å². The maximum Gasteiger partial charge on any atom is 0.333 e. The Balaban J connectivity index is 4.43. The minimum absolute atomic E-state index is 0.193. The lowest BCUT2D eigenvalue weighted by atomic mass is 10.0. The van der Waals surface area contributed by atoms with Crippen molar-refractivity contribution in [1.82, 2.24) is 0 Å². The summed E-state index contributed by atoms with van der Waals surface area (Å²) in [5, 5.41) is 0. The zero-order valence-corrected chi connectivity index (χ0v) is 11.8. The van der Waals surface area contributed by atoms with Crippen molar-refractivity contribution < 1.29 is 14.3 Å². The molecular formula is C15H24O3. The molecule has 0 radical (unpaired) electrons. The van der Waals surface area contributed by atoms with Gasteiger partial charge in [0.05, 0.1) is 0 Å². The number of ketones is 1. The monoisotopic (exact) mass is 252 g/mol. The zero-order chi connectivity index (χ0) is 14.1. The highest BCUT2D eigenvalue weighted by Gasteiger charge is 2.22. The molecule has 0 saturated heterocycles. The molecule has 0 heterocycles. The topological polar surface area (TPSA) is 43.4 Å². The number of hydrogen-bond donors (Lipinski definition) is 0. The third kappa shape index (κ3) is 6.38. The molecule has 0 aliphatic carbocycles. The van der Waals surface area contributed by atoms with Crippen LogP contribution in [0.4, 0.5) is 0 Å². The van der Waals surface area contributed by atoms with Crippen LogP contribution in [0.15, 0.2) is 24.3 Å². The summed E-state index contributed by atoms with van der Waals surface area (Å²) in [6, 6.07) is 0. The average Bonchev–Trinajstić information content (AvgIpc) is 2.31. The van der Waals surface area contributed by atoms with Crippen molar-refractivity contribution >= 4 is 11.8 Å². The first-order chi connectivity index (χ1) is 8.40. The van der Waals surface area contributed by atoms with Gasteiger partial charge in [0.25, 0.3) is 0 Å². The molecule has 0 spiro atoms. The molecule has 3 nitrogen and oxygen atoms in total. The molecular weight excluding hydrogens is 228 g/mol. The predicted octanol–water partition coefficient (Wildman–Crippen LogP) is 3.59. The summed E-state index contributed by atoms with van der Waals surface area (Å²) in [5.74, 6) is -0.703. The van der Waals surface area contributed by atoms with Crippen LogP contribution in [-0.2, 0) is 14.3 Å². The Morgan fingerprint density at radius 1 is 1.06 bits per heavy atom. The summed E-state index contributed by atoms with van der Waals surface area (Å²) in [5.41, 5.74) is 0.730. The van der Waals surface area contributed by atoms with Gasteiger partial charge in [-0.05, 0) is 32.3 Å². The Morgan fingerprint density at radius 2 is 1.67 bits per heavy atom. The van der Waals surface area contributed by atoms with E-state index in [9.17, 15) is 9.59 Å². The third-order valence-electron chi connectivity index (χ3n) is 2.63. The maximum absolute atomic E-state index is 11.9. The maximum atomic E-state index is 11.9. The van der Waals surface area contributed by atoms with E-state index in [0.29, 0.717) is 17.6 Å². The SMILES string of the molecule is C=C(C)C(=O)OC(CCCCCC)C(=O)C(=C)C. The number of rotatable bonds is 9. The molecule has 0 aliphatic rings. The summed E-state index contributed by atoms with van der Waals surface area (Å²) >= 11 is 0. The lowest BCUT2D eigenvalue weighted by Gasteiger charge is -2.16. The van der Waals surface area contributed by atoms with Gasteiger partial charge in [-0.2, -0.15) is 0 Å². The molecule has 0 saturated carbocycles. The lowest BCUT2D eigenvalue weighted by Crippen LogP contribution is -2.28. The van der Waals surface area contributed by atoms with Gasteiger partial charge in [-0.1, -0.05) is 39.3 Å². The summed E-state index contributed by atoms with van der Waals surface area (Å²) in [7, 11) is 0. The molecule has 0 bridgehead atoms. The van der Waals surface area contributed by atoms with E-state index in [2.05, 4.69) is 20.1 Å². The fourth-order valence-corrected chi connectivity index (χ4v) is 1.50. The summed E-state index contributed by atoms with van der Waals surface area (Å²) < 4.78 is 5.17. The van der Waals surface area contributed by atoms with Gasteiger partial charge in [0.15, 0.2) is 11.9 Å². The van der Waals surface area contributed by atoms with Gasteiger partial charge in [0.1, 0.15) is 0 Å². The summed E-state index contributed by atoms with van der Waals surface area (Å²) in [6.07, 6.45) is 4.03. The molecule has 0 aromatic rings. The number of carbonyl (C=O) groups is 2. The Bertz CT molecular complexity index is 329. The quantitative estimate of drug-likeness (QED) is 0.358. The molecule has 3 heteroatoms. The fourth-order valence-electron chi connectivity index (χ4n) is 1.50. The first-order valence-corrected chi connectivity index (χ1v) is 6.46. The van der Waals surface area contributed by atoms with E-state index in [1.165, 1.54) is 0 Å². The van der Waals surface area contributed by atoms with Gasteiger partial charge in [-0.15, -0.1) is 0 Å². The fraction of sp³-hybridized carbons (Fsp3) is 0.600. The average molecular weight is 252 g/mol. The number of esters is 1. The molecule has 18 heavy (non-hydrogen) atoms. The predicted molar refractivity (Wildman–Crippen MR) is 73.3 cm³/mol. The highest BCUT2D eigenvalue weighted by molar-refractivity contribution is 5.99. The van der Waals surface area contributed by atoms with E-state index in [0.717, 1.165) is 25.7 Å². The molecule has 0 rings (SSSR count). The Hall–Kier alpha value is -1.38. The number of ether oxygens (including phenoxy) is 1. The van der Waals surface area contributed by atoms with Crippen LogP contribution in [0.25, 0.3) is 0 Å². The van der Waals surface area contributed by atoms with Crippen LogP contribution >= 0.6 is 0 Å². The molecule has 0 fully saturated rings. The minimum Gasteiger partial charge on any atom is -0.451 e. The first kappa shape index (κ1) is 16.6. The normalized spacial score (nSPS) is 11.7. The largest absolute Gasteiger partial charge is 0.451 e. The highest BCUT2D eigenvalue weighted by atomic mass is 16.5. The van der Waals surface area contributed by atoms with Crippen LogP contribution in [0.2, 0.25) is 0 Å². The Labute approximate surface area is 110 Å². The van der Waals surface area contributed by atoms with Crippen LogP contribution in [0.3, 0.4) is 0 Å². The second kappa shape index (κ2) is 8.67. The second-order valence-corrected chi connectivity index (χ2v) is 4.67. The van der Waals surface area contributed by atoms with Crippen molar-refractivity contribution in [1.29, 1.82) is 0 Å². The molecule has 0 aromatic heterocycles. The van der Waals surface area contributed by atoms with Gasteiger partial charge in [0, 0.05) is 5.57 Å². The van der Waals surface area contributed by atoms with Gasteiger partial charge < -0.3 is 4.74 Å². The smallest absolute Gasteiger partial charge is 0.333 e. The van der Waals surface area contributed by atoms with Gasteiger partial charge in [-0.25, -0.2) is 4.79 Å². The number of Topliss-reactive ketones (excluding diaryl/α,β-unsaturated/α-hetero) is 1. The van der Waals surface area contributed by atoms with Crippen LogP contribution in [0.5, 0.6) is 0 Å². The van der Waals surface area contributed by atoms with E-state index in [4.69, 9.17) is 4.74 Å². The van der Waals surface area contributed by atoms with Crippen LogP contribution in [0.1, 0.15) is 52.9 Å². The molecule has 1 unspecified atom stereocenters. The molecule has 0 N–H and O–H groups in total. The van der Waals surface area contributed by atoms with Crippen molar-refractivity contribution in [2.75, 3.05) is 0 Å². The van der Waals surface area contributed by atoms with Crippen LogP contribution in [0, 0.1) is 0 Å². The Morgan fingerprint density at radius 3 is 2.11 bits per heavy atom. The van der Waals surface area contributed by atoms with E-state index in [1.54, 1.807) is 13.8 Å².